The Morgan fingerprint density at radius 1 is 0.966 bits per heavy atom. The molecular weight excluding hydrogens is 383 g/mol. The highest BCUT2D eigenvalue weighted by molar-refractivity contribution is 5.69. The van der Waals surface area contributed by atoms with E-state index in [0.717, 1.165) is 5.56 Å². The maximum absolute atomic E-state index is 12.7. The predicted octanol–water partition coefficient (Wildman–Crippen LogP) is 5.39. The first kappa shape index (κ1) is 20.4. The van der Waals surface area contributed by atoms with Crippen LogP contribution in [0.15, 0.2) is 54.9 Å². The number of pyridine rings is 1. The summed E-state index contributed by atoms with van der Waals surface area (Å²) in [7, 11) is 0. The molecule has 0 bridgehead atoms. The Balaban J connectivity index is 2.00. The fourth-order valence-corrected chi connectivity index (χ4v) is 2.49. The van der Waals surface area contributed by atoms with Crippen molar-refractivity contribution in [3.05, 3.63) is 54.9 Å². The summed E-state index contributed by atoms with van der Waals surface area (Å²) in [5.74, 6) is 0.284. The van der Waals surface area contributed by atoms with Crippen LogP contribution in [0.4, 0.5) is 30.6 Å². The molecule has 2 heterocycles. The van der Waals surface area contributed by atoms with Crippen molar-refractivity contribution in [2.75, 3.05) is 10.6 Å². The number of alkyl halides is 3. The molecule has 0 spiro atoms. The van der Waals surface area contributed by atoms with E-state index in [0.29, 0.717) is 17.5 Å². The van der Waals surface area contributed by atoms with Crippen LogP contribution in [-0.2, 0) is 0 Å². The van der Waals surface area contributed by atoms with Gasteiger partial charge in [0.15, 0.2) is 5.75 Å². The average molecular weight is 403 g/mol. The number of rotatable bonds is 5. The van der Waals surface area contributed by atoms with Crippen molar-refractivity contribution in [2.24, 2.45) is 0 Å². The molecule has 9 heteroatoms. The molecule has 0 amide bonds. The highest BCUT2D eigenvalue weighted by Gasteiger charge is 2.32. The van der Waals surface area contributed by atoms with E-state index in [9.17, 15) is 13.2 Å². The largest absolute Gasteiger partial charge is 0.573 e. The summed E-state index contributed by atoms with van der Waals surface area (Å²) in [6, 6.07) is 11.0. The first-order chi connectivity index (χ1) is 13.6. The topological polar surface area (TPSA) is 72.0 Å². The Morgan fingerprint density at radius 2 is 1.72 bits per heavy atom. The van der Waals surface area contributed by atoms with Gasteiger partial charge in [-0.3, -0.25) is 4.98 Å². The van der Waals surface area contributed by atoms with E-state index in [4.69, 9.17) is 0 Å². The van der Waals surface area contributed by atoms with Gasteiger partial charge in [-0.2, -0.15) is 4.98 Å². The lowest BCUT2D eigenvalue weighted by Gasteiger charge is -2.21. The van der Waals surface area contributed by atoms with Crippen molar-refractivity contribution in [2.45, 2.75) is 32.7 Å². The zero-order valence-corrected chi connectivity index (χ0v) is 16.1. The molecule has 152 valence electrons. The molecule has 0 aliphatic heterocycles. The van der Waals surface area contributed by atoms with Gasteiger partial charge in [0.05, 0.1) is 11.4 Å². The molecule has 29 heavy (non-hydrogen) atoms. The number of benzene rings is 1. The van der Waals surface area contributed by atoms with Crippen LogP contribution in [0, 0.1) is 0 Å². The second kappa shape index (κ2) is 7.94. The molecule has 0 fully saturated rings. The van der Waals surface area contributed by atoms with Gasteiger partial charge in [0.1, 0.15) is 5.82 Å². The van der Waals surface area contributed by atoms with Crippen molar-refractivity contribution >= 4 is 17.5 Å². The van der Waals surface area contributed by atoms with Gasteiger partial charge in [0.2, 0.25) is 5.95 Å². The monoisotopic (exact) mass is 403 g/mol. The molecule has 1 aromatic carbocycles. The summed E-state index contributed by atoms with van der Waals surface area (Å²) >= 11 is 0. The molecular formula is C20H20F3N5O. The molecule has 0 radical (unpaired) electrons. The number of aromatic nitrogens is 3. The number of hydrogen-bond donors (Lipinski definition) is 2. The van der Waals surface area contributed by atoms with E-state index in [2.05, 4.69) is 30.3 Å². The van der Waals surface area contributed by atoms with Crippen molar-refractivity contribution in [3.63, 3.8) is 0 Å². The Morgan fingerprint density at radius 3 is 2.38 bits per heavy atom. The maximum atomic E-state index is 12.7. The third-order valence-electron chi connectivity index (χ3n) is 3.55. The summed E-state index contributed by atoms with van der Waals surface area (Å²) in [6.07, 6.45) is -1.51. The van der Waals surface area contributed by atoms with Crippen LogP contribution in [0.3, 0.4) is 0 Å². The lowest BCUT2D eigenvalue weighted by Crippen LogP contribution is -2.27. The van der Waals surface area contributed by atoms with Crippen molar-refractivity contribution in [1.29, 1.82) is 0 Å². The van der Waals surface area contributed by atoms with E-state index >= 15 is 0 Å². The minimum atomic E-state index is -4.80. The van der Waals surface area contributed by atoms with Gasteiger partial charge in [-0.15, -0.1) is 13.2 Å². The fraction of sp³-hybridized carbons (Fsp3) is 0.250. The molecule has 2 aromatic heterocycles. The molecule has 0 saturated heterocycles. The zero-order chi connectivity index (χ0) is 21.1. The number of anilines is 3. The fourth-order valence-electron chi connectivity index (χ4n) is 2.49. The molecule has 6 nitrogen and oxygen atoms in total. The summed E-state index contributed by atoms with van der Waals surface area (Å²) in [5, 5.41) is 6.07. The van der Waals surface area contributed by atoms with Crippen LogP contribution >= 0.6 is 0 Å². The number of hydrogen-bond acceptors (Lipinski definition) is 6. The van der Waals surface area contributed by atoms with Gasteiger partial charge < -0.3 is 15.4 Å². The lowest BCUT2D eigenvalue weighted by molar-refractivity contribution is -0.274. The minimum absolute atomic E-state index is 0.127. The Kier molecular flexibility index (Phi) is 5.58. The van der Waals surface area contributed by atoms with Crippen LogP contribution in [0.25, 0.3) is 11.3 Å². The van der Waals surface area contributed by atoms with Gasteiger partial charge in [-0.25, -0.2) is 4.98 Å². The Labute approximate surface area is 166 Å². The minimum Gasteiger partial charge on any atom is -0.404 e. The average Bonchev–Trinajstić information content (AvgIpc) is 2.61. The molecule has 2 N–H and O–H groups in total. The van der Waals surface area contributed by atoms with E-state index in [1.165, 1.54) is 18.2 Å². The van der Waals surface area contributed by atoms with Gasteiger partial charge in [-0.05, 0) is 45.0 Å². The third kappa shape index (κ3) is 6.06. The first-order valence-electron chi connectivity index (χ1n) is 8.78. The first-order valence-corrected chi connectivity index (χ1v) is 8.78. The Bertz CT molecular complexity index is 972. The van der Waals surface area contributed by atoms with Crippen molar-refractivity contribution in [1.82, 2.24) is 15.0 Å². The SMILES string of the molecule is CC(C)(C)Nc1nc(Nc2ccccc2OC(F)(F)F)cc(-c2cccnc2)n1. The maximum Gasteiger partial charge on any atom is 0.573 e. The quantitative estimate of drug-likeness (QED) is 0.595. The number of nitrogens with one attached hydrogen (secondary N) is 2. The van der Waals surface area contributed by atoms with Gasteiger partial charge >= 0.3 is 6.36 Å². The van der Waals surface area contributed by atoms with Crippen LogP contribution in [-0.4, -0.2) is 26.9 Å². The predicted molar refractivity (Wildman–Crippen MR) is 105 cm³/mol. The van der Waals surface area contributed by atoms with E-state index < -0.39 is 6.36 Å². The summed E-state index contributed by atoms with van der Waals surface area (Å²) in [4.78, 5) is 13.0. The summed E-state index contributed by atoms with van der Waals surface area (Å²) < 4.78 is 42.2. The molecule has 0 unspecified atom stereocenters. The second-order valence-corrected chi connectivity index (χ2v) is 7.25. The van der Waals surface area contributed by atoms with Crippen LogP contribution in [0.5, 0.6) is 5.75 Å². The Hall–Kier alpha value is -3.36. The van der Waals surface area contributed by atoms with Gasteiger partial charge in [0.25, 0.3) is 0 Å². The van der Waals surface area contributed by atoms with Crippen LogP contribution < -0.4 is 15.4 Å². The second-order valence-electron chi connectivity index (χ2n) is 7.25. The molecule has 0 atom stereocenters. The number of nitrogens with zero attached hydrogens (tertiary/aromatic N) is 3. The van der Waals surface area contributed by atoms with E-state index in [1.807, 2.05) is 26.8 Å². The smallest absolute Gasteiger partial charge is 0.404 e. The van der Waals surface area contributed by atoms with Gasteiger partial charge in [-0.1, -0.05) is 12.1 Å². The van der Waals surface area contributed by atoms with E-state index in [-0.39, 0.29) is 17.0 Å². The third-order valence-corrected chi connectivity index (χ3v) is 3.55. The van der Waals surface area contributed by atoms with Gasteiger partial charge in [0, 0.05) is 29.6 Å². The normalized spacial score (nSPS) is 11.8. The number of halogens is 3. The molecule has 0 aliphatic rings. The molecule has 3 rings (SSSR count). The highest BCUT2D eigenvalue weighted by Crippen LogP contribution is 2.32. The molecule has 0 saturated carbocycles. The molecule has 0 aliphatic carbocycles. The molecule has 3 aromatic rings. The van der Waals surface area contributed by atoms with Crippen LogP contribution in [0.2, 0.25) is 0 Å². The number of ether oxygens (including phenoxy) is 1. The van der Waals surface area contributed by atoms with Crippen molar-refractivity contribution < 1.29 is 17.9 Å². The highest BCUT2D eigenvalue weighted by atomic mass is 19.4. The zero-order valence-electron chi connectivity index (χ0n) is 16.1. The summed E-state index contributed by atoms with van der Waals surface area (Å²) in [6.45, 7) is 5.85. The standard InChI is InChI=1S/C20H20F3N5O/c1-19(2,3)28-18-26-15(13-7-6-10-24-12-13)11-17(27-18)25-14-8-4-5-9-16(14)29-20(21,22)23/h4-12H,1-3H3,(H2,25,26,27,28). The summed E-state index contributed by atoms with van der Waals surface area (Å²) in [5.41, 5.74) is 1.12. The van der Waals surface area contributed by atoms with E-state index in [1.54, 1.807) is 30.6 Å². The van der Waals surface area contributed by atoms with Crippen LogP contribution in [0.1, 0.15) is 20.8 Å². The lowest BCUT2D eigenvalue weighted by atomic mass is 10.1. The van der Waals surface area contributed by atoms with Crippen molar-refractivity contribution in [3.8, 4) is 17.0 Å². The number of para-hydroxylation sites is 2.